The first kappa shape index (κ1) is 15.0. The maximum absolute atomic E-state index is 11.7. The van der Waals surface area contributed by atoms with Crippen molar-refractivity contribution in [2.45, 2.75) is 52.0 Å². The van der Waals surface area contributed by atoms with Crippen LogP contribution >= 0.6 is 0 Å². The van der Waals surface area contributed by atoms with E-state index in [0.717, 1.165) is 6.54 Å². The number of amides is 3. The fraction of sp³-hybridized carbons (Fsp3) is 0.846. The van der Waals surface area contributed by atoms with Gasteiger partial charge >= 0.3 is 6.03 Å². The van der Waals surface area contributed by atoms with Gasteiger partial charge in [-0.2, -0.15) is 0 Å². The number of imide groups is 1. The van der Waals surface area contributed by atoms with Gasteiger partial charge in [0.1, 0.15) is 0 Å². The molecule has 3 N–H and O–H groups in total. The summed E-state index contributed by atoms with van der Waals surface area (Å²) in [5.74, 6) is 0.412. The van der Waals surface area contributed by atoms with E-state index in [-0.39, 0.29) is 11.9 Å². The third kappa shape index (κ3) is 5.49. The van der Waals surface area contributed by atoms with E-state index in [9.17, 15) is 9.59 Å². The largest absolute Gasteiger partial charge is 0.338 e. The van der Waals surface area contributed by atoms with Crippen LogP contribution in [0.2, 0.25) is 0 Å². The summed E-state index contributed by atoms with van der Waals surface area (Å²) in [6.45, 7) is 4.99. The molecule has 0 heterocycles. The van der Waals surface area contributed by atoms with Crippen molar-refractivity contribution in [3.05, 3.63) is 0 Å². The maximum atomic E-state index is 11.7. The van der Waals surface area contributed by atoms with Crippen LogP contribution in [0, 0.1) is 5.92 Å². The molecule has 0 aromatic heterocycles. The number of carbonyl (C=O) groups is 2. The first-order chi connectivity index (χ1) is 8.63. The molecule has 1 unspecified atom stereocenters. The van der Waals surface area contributed by atoms with Crippen LogP contribution in [-0.4, -0.2) is 31.1 Å². The summed E-state index contributed by atoms with van der Waals surface area (Å²) in [7, 11) is 0. The highest BCUT2D eigenvalue weighted by Gasteiger charge is 2.18. The van der Waals surface area contributed by atoms with Crippen LogP contribution in [0.15, 0.2) is 0 Å². The Bertz CT molecular complexity index is 275. The first-order valence-electron chi connectivity index (χ1n) is 6.95. The molecule has 1 fully saturated rings. The van der Waals surface area contributed by atoms with Gasteiger partial charge in [0, 0.05) is 6.54 Å². The van der Waals surface area contributed by atoms with Gasteiger partial charge in [0.2, 0.25) is 5.91 Å². The summed E-state index contributed by atoms with van der Waals surface area (Å²) in [5.41, 5.74) is 0. The fourth-order valence-corrected chi connectivity index (χ4v) is 2.25. The van der Waals surface area contributed by atoms with E-state index >= 15 is 0 Å². The van der Waals surface area contributed by atoms with Gasteiger partial charge in [0.05, 0.1) is 6.04 Å². The summed E-state index contributed by atoms with van der Waals surface area (Å²) in [4.78, 5) is 22.9. The second-order valence-electron chi connectivity index (χ2n) is 4.98. The number of rotatable bonds is 5. The lowest BCUT2D eigenvalue weighted by Crippen LogP contribution is -2.48. The molecule has 0 radical (unpaired) electrons. The Morgan fingerprint density at radius 1 is 1.22 bits per heavy atom. The highest BCUT2D eigenvalue weighted by atomic mass is 16.2. The third-order valence-electron chi connectivity index (χ3n) is 3.40. The summed E-state index contributed by atoms with van der Waals surface area (Å²) in [5, 5.41) is 8.06. The Labute approximate surface area is 109 Å². The van der Waals surface area contributed by atoms with Gasteiger partial charge in [-0.25, -0.2) is 4.79 Å². The molecule has 0 spiro atoms. The summed E-state index contributed by atoms with van der Waals surface area (Å²) >= 11 is 0. The normalized spacial score (nSPS) is 18.1. The zero-order valence-electron chi connectivity index (χ0n) is 11.4. The maximum Gasteiger partial charge on any atom is 0.321 e. The molecule has 3 amide bonds. The second kappa shape index (κ2) is 8.08. The molecule has 1 aliphatic carbocycles. The minimum absolute atomic E-state index is 0.267. The Hall–Kier alpha value is -1.10. The highest BCUT2D eigenvalue weighted by molar-refractivity contribution is 5.96. The van der Waals surface area contributed by atoms with Gasteiger partial charge in [-0.1, -0.05) is 19.3 Å². The van der Waals surface area contributed by atoms with Crippen LogP contribution in [0.5, 0.6) is 0 Å². The van der Waals surface area contributed by atoms with Gasteiger partial charge in [0.25, 0.3) is 0 Å². The van der Waals surface area contributed by atoms with Crippen LogP contribution in [0.1, 0.15) is 46.0 Å². The molecule has 0 aromatic carbocycles. The van der Waals surface area contributed by atoms with E-state index in [4.69, 9.17) is 0 Å². The molecular formula is C13H25N3O2. The van der Waals surface area contributed by atoms with Crippen molar-refractivity contribution in [3.63, 3.8) is 0 Å². The standard InChI is InChI=1S/C13H25N3O2/c1-3-14-13(18)16-12(17)10(2)15-9-11-7-5-4-6-8-11/h10-11,15H,3-9H2,1-2H3,(H2,14,16,17,18). The molecule has 0 aliphatic heterocycles. The van der Waals surface area contributed by atoms with Crippen molar-refractivity contribution in [2.75, 3.05) is 13.1 Å². The van der Waals surface area contributed by atoms with Crippen molar-refractivity contribution in [3.8, 4) is 0 Å². The van der Waals surface area contributed by atoms with Gasteiger partial charge in [0.15, 0.2) is 0 Å². The van der Waals surface area contributed by atoms with Gasteiger partial charge in [-0.05, 0) is 39.2 Å². The quantitative estimate of drug-likeness (QED) is 0.695. The smallest absolute Gasteiger partial charge is 0.321 e. The second-order valence-corrected chi connectivity index (χ2v) is 4.98. The fourth-order valence-electron chi connectivity index (χ4n) is 2.25. The van der Waals surface area contributed by atoms with Crippen LogP contribution < -0.4 is 16.0 Å². The number of urea groups is 1. The van der Waals surface area contributed by atoms with Crippen molar-refractivity contribution in [1.29, 1.82) is 0 Å². The van der Waals surface area contributed by atoms with E-state index in [0.29, 0.717) is 12.5 Å². The van der Waals surface area contributed by atoms with E-state index in [1.54, 1.807) is 6.92 Å². The number of hydrogen-bond donors (Lipinski definition) is 3. The minimum Gasteiger partial charge on any atom is -0.338 e. The highest BCUT2D eigenvalue weighted by Crippen LogP contribution is 2.22. The lowest BCUT2D eigenvalue weighted by atomic mass is 9.89. The zero-order chi connectivity index (χ0) is 13.4. The number of carbonyl (C=O) groups excluding carboxylic acids is 2. The molecule has 18 heavy (non-hydrogen) atoms. The number of nitrogens with one attached hydrogen (secondary N) is 3. The van der Waals surface area contributed by atoms with E-state index in [1.165, 1.54) is 32.1 Å². The molecule has 0 bridgehead atoms. The molecular weight excluding hydrogens is 230 g/mol. The Morgan fingerprint density at radius 3 is 2.50 bits per heavy atom. The van der Waals surface area contributed by atoms with Gasteiger partial charge < -0.3 is 10.6 Å². The van der Waals surface area contributed by atoms with Crippen molar-refractivity contribution < 1.29 is 9.59 Å². The molecule has 5 heteroatoms. The molecule has 0 aromatic rings. The summed E-state index contributed by atoms with van der Waals surface area (Å²) < 4.78 is 0. The molecule has 1 atom stereocenters. The molecule has 1 aliphatic rings. The van der Waals surface area contributed by atoms with Crippen LogP contribution in [0.25, 0.3) is 0 Å². The third-order valence-corrected chi connectivity index (χ3v) is 3.40. The summed E-state index contributed by atoms with van der Waals surface area (Å²) in [6.07, 6.45) is 6.43. The van der Waals surface area contributed by atoms with Crippen LogP contribution in [0.4, 0.5) is 4.79 Å². The SMILES string of the molecule is CCNC(=O)NC(=O)C(C)NCC1CCCCC1. The van der Waals surface area contributed by atoms with Gasteiger partial charge in [-0.15, -0.1) is 0 Å². The van der Waals surface area contributed by atoms with Crippen LogP contribution in [0.3, 0.4) is 0 Å². The van der Waals surface area contributed by atoms with Gasteiger partial charge in [-0.3, -0.25) is 10.1 Å². The Morgan fingerprint density at radius 2 is 1.89 bits per heavy atom. The van der Waals surface area contributed by atoms with Crippen LogP contribution in [-0.2, 0) is 4.79 Å². The molecule has 104 valence electrons. The van der Waals surface area contributed by atoms with Crippen molar-refractivity contribution >= 4 is 11.9 Å². The van der Waals surface area contributed by atoms with E-state index in [1.807, 2.05) is 6.92 Å². The van der Waals surface area contributed by atoms with E-state index < -0.39 is 6.03 Å². The molecule has 5 nitrogen and oxygen atoms in total. The molecule has 1 saturated carbocycles. The van der Waals surface area contributed by atoms with E-state index in [2.05, 4.69) is 16.0 Å². The van der Waals surface area contributed by atoms with Crippen molar-refractivity contribution in [2.24, 2.45) is 5.92 Å². The minimum atomic E-state index is -0.422. The average Bonchev–Trinajstić information content (AvgIpc) is 2.37. The average molecular weight is 255 g/mol. The first-order valence-corrected chi connectivity index (χ1v) is 6.95. The topological polar surface area (TPSA) is 70.2 Å². The molecule has 0 saturated heterocycles. The van der Waals surface area contributed by atoms with Crippen molar-refractivity contribution in [1.82, 2.24) is 16.0 Å². The lowest BCUT2D eigenvalue weighted by Gasteiger charge is -2.23. The predicted molar refractivity (Wildman–Crippen MR) is 71.3 cm³/mol. The monoisotopic (exact) mass is 255 g/mol. The lowest BCUT2D eigenvalue weighted by molar-refractivity contribution is -0.121. The predicted octanol–water partition coefficient (Wildman–Crippen LogP) is 1.39. The Balaban J connectivity index is 2.20. The molecule has 1 rings (SSSR count). The summed E-state index contributed by atoms with van der Waals surface area (Å²) in [6, 6.07) is -0.747. The number of hydrogen-bond acceptors (Lipinski definition) is 3. The Kier molecular flexibility index (Phi) is 6.72. The zero-order valence-corrected chi connectivity index (χ0v) is 11.4.